The highest BCUT2D eigenvalue weighted by Gasteiger charge is 2.10. The van der Waals surface area contributed by atoms with Gasteiger partial charge in [0.15, 0.2) is 5.82 Å². The van der Waals surface area contributed by atoms with E-state index in [9.17, 15) is 0 Å². The van der Waals surface area contributed by atoms with Crippen LogP contribution in [-0.4, -0.2) is 40.3 Å². The number of aryl methyl sites for hydroxylation is 1. The second-order valence-corrected chi connectivity index (χ2v) is 5.77. The number of hydrogen-bond donors (Lipinski definition) is 0. The van der Waals surface area contributed by atoms with Crippen molar-refractivity contribution in [2.45, 2.75) is 26.6 Å². The summed E-state index contributed by atoms with van der Waals surface area (Å²) in [6, 6.07) is 10.7. The van der Waals surface area contributed by atoms with Crippen molar-refractivity contribution in [1.82, 2.24) is 19.6 Å². The molecule has 0 N–H and O–H groups in total. The molecule has 0 saturated carbocycles. The monoisotopic (exact) mass is 314 g/mol. The number of methoxy groups -OCH3 is 1. The molecule has 0 radical (unpaired) electrons. The molecular weight excluding hydrogens is 292 g/mol. The van der Waals surface area contributed by atoms with Gasteiger partial charge in [0, 0.05) is 31.4 Å². The Kier molecular flexibility index (Phi) is 4.73. The summed E-state index contributed by atoms with van der Waals surface area (Å²) in [6.07, 6.45) is 0. The SMILES string of the molecule is COCc1nc(CN(C)CCn2c(C)cc3ccccc32)no1. The number of benzene rings is 1. The van der Waals surface area contributed by atoms with Crippen molar-refractivity contribution in [2.24, 2.45) is 0 Å². The zero-order valence-electron chi connectivity index (χ0n) is 13.8. The van der Waals surface area contributed by atoms with Gasteiger partial charge in [-0.1, -0.05) is 23.4 Å². The van der Waals surface area contributed by atoms with E-state index < -0.39 is 0 Å². The molecule has 0 bridgehead atoms. The fourth-order valence-electron chi connectivity index (χ4n) is 2.77. The zero-order chi connectivity index (χ0) is 16.2. The molecule has 6 nitrogen and oxygen atoms in total. The van der Waals surface area contributed by atoms with Gasteiger partial charge in [-0.2, -0.15) is 4.98 Å². The standard InChI is InChI=1S/C17H22N4O2/c1-13-10-14-6-4-5-7-15(14)21(13)9-8-20(2)11-16-18-17(12-22-3)23-19-16/h4-7,10H,8-9,11-12H2,1-3H3. The molecule has 0 aliphatic carbocycles. The van der Waals surface area contributed by atoms with Crippen LogP contribution in [0, 0.1) is 6.92 Å². The molecule has 3 aromatic rings. The van der Waals surface area contributed by atoms with Gasteiger partial charge in [-0.25, -0.2) is 0 Å². The van der Waals surface area contributed by atoms with Crippen LogP contribution in [0.1, 0.15) is 17.4 Å². The highest BCUT2D eigenvalue weighted by Crippen LogP contribution is 2.19. The van der Waals surface area contributed by atoms with Crippen LogP contribution < -0.4 is 0 Å². The molecule has 0 fully saturated rings. The van der Waals surface area contributed by atoms with Crippen molar-refractivity contribution in [1.29, 1.82) is 0 Å². The van der Waals surface area contributed by atoms with Crippen molar-refractivity contribution >= 4 is 10.9 Å². The lowest BCUT2D eigenvalue weighted by Gasteiger charge is -2.16. The number of rotatable bonds is 7. The molecule has 3 rings (SSSR count). The van der Waals surface area contributed by atoms with E-state index in [4.69, 9.17) is 9.26 Å². The number of nitrogens with zero attached hydrogens (tertiary/aromatic N) is 4. The molecule has 0 spiro atoms. The largest absolute Gasteiger partial charge is 0.375 e. The van der Waals surface area contributed by atoms with Crippen LogP contribution in [0.2, 0.25) is 0 Å². The van der Waals surface area contributed by atoms with E-state index in [-0.39, 0.29) is 0 Å². The van der Waals surface area contributed by atoms with Crippen LogP contribution in [0.15, 0.2) is 34.9 Å². The van der Waals surface area contributed by atoms with Gasteiger partial charge in [0.25, 0.3) is 5.89 Å². The lowest BCUT2D eigenvalue weighted by atomic mass is 10.2. The Morgan fingerprint density at radius 3 is 2.96 bits per heavy atom. The smallest absolute Gasteiger partial charge is 0.252 e. The second kappa shape index (κ2) is 6.93. The Hall–Kier alpha value is -2.18. The molecule has 0 saturated heterocycles. The van der Waals surface area contributed by atoms with Gasteiger partial charge in [0.1, 0.15) is 6.61 Å². The van der Waals surface area contributed by atoms with E-state index in [0.717, 1.165) is 13.1 Å². The minimum atomic E-state index is 0.352. The molecular formula is C17H22N4O2. The van der Waals surface area contributed by atoms with Crippen LogP contribution in [-0.2, 0) is 24.4 Å². The van der Waals surface area contributed by atoms with Gasteiger partial charge in [-0.05, 0) is 31.5 Å². The second-order valence-electron chi connectivity index (χ2n) is 5.77. The molecule has 2 heterocycles. The van der Waals surface area contributed by atoms with E-state index in [1.54, 1.807) is 7.11 Å². The Labute approximate surface area is 135 Å². The zero-order valence-corrected chi connectivity index (χ0v) is 13.8. The van der Waals surface area contributed by atoms with Gasteiger partial charge in [-0.15, -0.1) is 0 Å². The minimum absolute atomic E-state index is 0.352. The summed E-state index contributed by atoms with van der Waals surface area (Å²) >= 11 is 0. The number of likely N-dealkylation sites (N-methyl/N-ethyl adjacent to an activating group) is 1. The van der Waals surface area contributed by atoms with Crippen molar-refractivity contribution in [2.75, 3.05) is 20.7 Å². The van der Waals surface area contributed by atoms with E-state index in [0.29, 0.717) is 24.9 Å². The fourth-order valence-corrected chi connectivity index (χ4v) is 2.77. The number of para-hydroxylation sites is 1. The van der Waals surface area contributed by atoms with Crippen LogP contribution >= 0.6 is 0 Å². The molecule has 0 aliphatic rings. The number of hydrogen-bond acceptors (Lipinski definition) is 5. The summed E-state index contributed by atoms with van der Waals surface area (Å²) in [7, 11) is 3.67. The summed E-state index contributed by atoms with van der Waals surface area (Å²) in [5.41, 5.74) is 2.56. The van der Waals surface area contributed by atoms with E-state index in [1.165, 1.54) is 16.6 Å². The van der Waals surface area contributed by atoms with Crippen LogP contribution in [0.4, 0.5) is 0 Å². The van der Waals surface area contributed by atoms with Gasteiger partial charge in [0.2, 0.25) is 0 Å². The molecule has 2 aromatic heterocycles. The van der Waals surface area contributed by atoms with Crippen molar-refractivity contribution < 1.29 is 9.26 Å². The average molecular weight is 314 g/mol. The maximum atomic E-state index is 5.12. The van der Waals surface area contributed by atoms with E-state index >= 15 is 0 Å². The summed E-state index contributed by atoms with van der Waals surface area (Å²) < 4.78 is 12.4. The van der Waals surface area contributed by atoms with Gasteiger partial charge < -0.3 is 13.8 Å². The predicted molar refractivity (Wildman–Crippen MR) is 88.0 cm³/mol. The minimum Gasteiger partial charge on any atom is -0.375 e. The van der Waals surface area contributed by atoms with Crippen molar-refractivity contribution in [3.63, 3.8) is 0 Å². The van der Waals surface area contributed by atoms with E-state index in [1.807, 2.05) is 0 Å². The Morgan fingerprint density at radius 2 is 2.13 bits per heavy atom. The maximum absolute atomic E-state index is 5.12. The lowest BCUT2D eigenvalue weighted by molar-refractivity contribution is 0.151. The lowest BCUT2D eigenvalue weighted by Crippen LogP contribution is -2.23. The van der Waals surface area contributed by atoms with Gasteiger partial charge in [-0.3, -0.25) is 4.90 Å². The van der Waals surface area contributed by atoms with Crippen molar-refractivity contribution in [3.8, 4) is 0 Å². The Balaban J connectivity index is 1.61. The Bertz CT molecular complexity index is 778. The van der Waals surface area contributed by atoms with Gasteiger partial charge >= 0.3 is 0 Å². The Morgan fingerprint density at radius 1 is 1.30 bits per heavy atom. The first-order valence-electron chi connectivity index (χ1n) is 7.71. The summed E-state index contributed by atoms with van der Waals surface area (Å²) in [4.78, 5) is 6.49. The first-order valence-corrected chi connectivity index (χ1v) is 7.71. The first-order chi connectivity index (χ1) is 11.2. The molecule has 1 aromatic carbocycles. The molecule has 0 aliphatic heterocycles. The molecule has 0 amide bonds. The number of aromatic nitrogens is 3. The normalized spacial score (nSPS) is 11.7. The van der Waals surface area contributed by atoms with Crippen molar-refractivity contribution in [3.05, 3.63) is 47.7 Å². The average Bonchev–Trinajstić information content (AvgIpc) is 3.09. The molecule has 23 heavy (non-hydrogen) atoms. The third-order valence-electron chi connectivity index (χ3n) is 3.91. The third-order valence-corrected chi connectivity index (χ3v) is 3.91. The third kappa shape index (κ3) is 3.60. The summed E-state index contributed by atoms with van der Waals surface area (Å²) in [6.45, 7) is 5.00. The number of fused-ring (bicyclic) bond motifs is 1. The quantitative estimate of drug-likeness (QED) is 0.671. The van der Waals surface area contributed by atoms with Crippen LogP contribution in [0.25, 0.3) is 10.9 Å². The maximum Gasteiger partial charge on any atom is 0.252 e. The number of ether oxygens (including phenoxy) is 1. The predicted octanol–water partition coefficient (Wildman–Crippen LogP) is 2.61. The highest BCUT2D eigenvalue weighted by molar-refractivity contribution is 5.81. The van der Waals surface area contributed by atoms with Gasteiger partial charge in [0.05, 0.1) is 6.54 Å². The molecule has 0 unspecified atom stereocenters. The fraction of sp³-hybridized carbons (Fsp3) is 0.412. The van der Waals surface area contributed by atoms with Crippen LogP contribution in [0.3, 0.4) is 0 Å². The molecule has 122 valence electrons. The summed E-state index contributed by atoms with van der Waals surface area (Å²) in [5, 5.41) is 5.26. The summed E-state index contributed by atoms with van der Waals surface area (Å²) in [5.74, 6) is 1.21. The molecule has 0 atom stereocenters. The van der Waals surface area contributed by atoms with Crippen LogP contribution in [0.5, 0.6) is 0 Å². The highest BCUT2D eigenvalue weighted by atomic mass is 16.5. The van der Waals surface area contributed by atoms with E-state index in [2.05, 4.69) is 63.9 Å². The molecule has 6 heteroatoms. The topological polar surface area (TPSA) is 56.3 Å². The first kappa shape index (κ1) is 15.7.